The summed E-state index contributed by atoms with van der Waals surface area (Å²) in [4.78, 5) is 14.3. The minimum absolute atomic E-state index is 0.229. The number of H-pyrrole nitrogens is 1. The van der Waals surface area contributed by atoms with Crippen molar-refractivity contribution in [3.05, 3.63) is 21.9 Å². The zero-order valence-electron chi connectivity index (χ0n) is 9.48. The molecule has 0 unspecified atom stereocenters. The van der Waals surface area contributed by atoms with E-state index in [1.165, 1.54) is 6.07 Å². The number of hydrogen-bond acceptors (Lipinski definition) is 3. The van der Waals surface area contributed by atoms with Crippen LogP contribution < -0.4 is 10.6 Å². The Balaban J connectivity index is 2.21. The topological polar surface area (TPSA) is 66.2 Å². The molecule has 5 nitrogen and oxygen atoms in total. The first-order valence-electron chi connectivity index (χ1n) is 5.17. The molecule has 0 aromatic carbocycles. The lowest BCUT2D eigenvalue weighted by atomic mass is 10.4. The van der Waals surface area contributed by atoms with Gasteiger partial charge < -0.3 is 20.4 Å². The van der Waals surface area contributed by atoms with E-state index in [4.69, 9.17) is 27.9 Å². The van der Waals surface area contributed by atoms with Gasteiger partial charge in [-0.2, -0.15) is 0 Å². The highest BCUT2D eigenvalue weighted by Gasteiger charge is 2.10. The molecule has 1 heterocycles. The van der Waals surface area contributed by atoms with Crippen molar-refractivity contribution in [3.63, 3.8) is 0 Å². The Morgan fingerprint density at radius 3 is 2.76 bits per heavy atom. The minimum Gasteiger partial charge on any atom is -0.383 e. The molecule has 0 fully saturated rings. The number of rotatable bonds is 7. The number of carbonyl (C=O) groups is 1. The normalized spacial score (nSPS) is 10.5. The number of amides is 1. The molecular weight excluding hydrogens is 265 g/mol. The van der Waals surface area contributed by atoms with Gasteiger partial charge >= 0.3 is 0 Å². The van der Waals surface area contributed by atoms with Crippen molar-refractivity contribution >= 4 is 29.1 Å². The summed E-state index contributed by atoms with van der Waals surface area (Å²) in [6, 6.07) is 1.50. The Bertz CT molecular complexity index is 349. The zero-order valence-corrected chi connectivity index (χ0v) is 11.0. The summed E-state index contributed by atoms with van der Waals surface area (Å²) >= 11 is 11.4. The van der Waals surface area contributed by atoms with E-state index < -0.39 is 0 Å². The van der Waals surface area contributed by atoms with Crippen LogP contribution in [0.4, 0.5) is 0 Å². The van der Waals surface area contributed by atoms with Gasteiger partial charge in [0.1, 0.15) is 10.8 Å². The van der Waals surface area contributed by atoms with Gasteiger partial charge in [-0.15, -0.1) is 0 Å². The predicted octanol–water partition coefficient (Wildman–Crippen LogP) is 1.29. The van der Waals surface area contributed by atoms with Gasteiger partial charge in [-0.1, -0.05) is 23.2 Å². The summed E-state index contributed by atoms with van der Waals surface area (Å²) in [7, 11) is 1.64. The molecule has 0 radical (unpaired) electrons. The first-order valence-corrected chi connectivity index (χ1v) is 5.92. The van der Waals surface area contributed by atoms with Crippen LogP contribution in [0.15, 0.2) is 6.07 Å². The lowest BCUT2D eigenvalue weighted by Gasteiger charge is -2.05. The smallest absolute Gasteiger partial charge is 0.267 e. The van der Waals surface area contributed by atoms with E-state index in [0.29, 0.717) is 30.4 Å². The number of ether oxygens (including phenoxy) is 1. The summed E-state index contributed by atoms with van der Waals surface area (Å²) in [5, 5.41) is 6.45. The second-order valence-electron chi connectivity index (χ2n) is 3.34. The quantitative estimate of drug-likeness (QED) is 0.659. The fourth-order valence-corrected chi connectivity index (χ4v) is 1.50. The van der Waals surface area contributed by atoms with E-state index >= 15 is 0 Å². The molecule has 96 valence electrons. The standard InChI is InChI=1S/C10H15Cl2N3O2/c1-17-5-4-13-2-3-14-10(16)8-6-7(11)9(12)15-8/h6,13,15H,2-5H2,1H3,(H,14,16). The van der Waals surface area contributed by atoms with Gasteiger partial charge in [0.25, 0.3) is 5.91 Å². The predicted molar refractivity (Wildman–Crippen MR) is 67.9 cm³/mol. The number of nitrogens with one attached hydrogen (secondary N) is 3. The minimum atomic E-state index is -0.229. The summed E-state index contributed by atoms with van der Waals surface area (Å²) in [6.07, 6.45) is 0. The molecule has 3 N–H and O–H groups in total. The van der Waals surface area contributed by atoms with Gasteiger partial charge in [0.15, 0.2) is 0 Å². The fourth-order valence-electron chi connectivity index (χ4n) is 1.19. The van der Waals surface area contributed by atoms with Crippen LogP contribution in [0.3, 0.4) is 0 Å². The summed E-state index contributed by atoms with van der Waals surface area (Å²) in [5.41, 5.74) is 0.358. The summed E-state index contributed by atoms with van der Waals surface area (Å²) < 4.78 is 4.87. The fraction of sp³-hybridized carbons (Fsp3) is 0.500. The van der Waals surface area contributed by atoms with Crippen LogP contribution in [0.25, 0.3) is 0 Å². The van der Waals surface area contributed by atoms with Crippen molar-refractivity contribution in [2.45, 2.75) is 0 Å². The van der Waals surface area contributed by atoms with E-state index in [1.807, 2.05) is 0 Å². The Morgan fingerprint density at radius 2 is 2.18 bits per heavy atom. The maximum Gasteiger partial charge on any atom is 0.267 e. The second kappa shape index (κ2) is 7.55. The maximum absolute atomic E-state index is 11.6. The van der Waals surface area contributed by atoms with Gasteiger partial charge in [-0.25, -0.2) is 0 Å². The lowest BCUT2D eigenvalue weighted by Crippen LogP contribution is -2.33. The Morgan fingerprint density at radius 1 is 1.41 bits per heavy atom. The Labute approximate surface area is 110 Å². The van der Waals surface area contributed by atoms with Crippen molar-refractivity contribution in [1.29, 1.82) is 0 Å². The molecule has 0 atom stereocenters. The third-order valence-corrected chi connectivity index (χ3v) is 2.73. The zero-order chi connectivity index (χ0) is 12.7. The van der Waals surface area contributed by atoms with Crippen LogP contribution in [0.5, 0.6) is 0 Å². The van der Waals surface area contributed by atoms with Crippen molar-refractivity contribution in [2.24, 2.45) is 0 Å². The lowest BCUT2D eigenvalue weighted by molar-refractivity contribution is 0.0949. The van der Waals surface area contributed by atoms with Crippen molar-refractivity contribution in [1.82, 2.24) is 15.6 Å². The highest BCUT2D eigenvalue weighted by Crippen LogP contribution is 2.21. The van der Waals surface area contributed by atoms with Crippen LogP contribution in [0.2, 0.25) is 10.2 Å². The molecule has 1 rings (SSSR count). The number of carbonyl (C=O) groups excluding carboxylic acids is 1. The third kappa shape index (κ3) is 4.95. The first kappa shape index (κ1) is 14.3. The highest BCUT2D eigenvalue weighted by molar-refractivity contribution is 6.41. The van der Waals surface area contributed by atoms with Crippen LogP contribution in [0, 0.1) is 0 Å². The van der Waals surface area contributed by atoms with Gasteiger partial charge in [0, 0.05) is 26.7 Å². The molecule has 0 aliphatic carbocycles. The molecule has 0 aliphatic heterocycles. The Hall–Kier alpha value is -0.750. The Kier molecular flexibility index (Phi) is 6.36. The van der Waals surface area contributed by atoms with E-state index in [-0.39, 0.29) is 11.1 Å². The van der Waals surface area contributed by atoms with Crippen LogP contribution in [-0.4, -0.2) is 44.2 Å². The largest absolute Gasteiger partial charge is 0.383 e. The molecular formula is C10H15Cl2N3O2. The van der Waals surface area contributed by atoms with Crippen LogP contribution in [0.1, 0.15) is 10.5 Å². The average molecular weight is 280 g/mol. The molecule has 0 bridgehead atoms. The molecule has 17 heavy (non-hydrogen) atoms. The molecule has 0 saturated carbocycles. The van der Waals surface area contributed by atoms with Gasteiger partial charge in [-0.05, 0) is 6.07 Å². The number of aromatic amines is 1. The maximum atomic E-state index is 11.6. The van der Waals surface area contributed by atoms with Crippen molar-refractivity contribution < 1.29 is 9.53 Å². The van der Waals surface area contributed by atoms with E-state index in [0.717, 1.165) is 6.54 Å². The molecule has 0 saturated heterocycles. The van der Waals surface area contributed by atoms with E-state index in [1.54, 1.807) is 7.11 Å². The number of aromatic nitrogens is 1. The third-order valence-electron chi connectivity index (χ3n) is 2.04. The highest BCUT2D eigenvalue weighted by atomic mass is 35.5. The molecule has 7 heteroatoms. The summed E-state index contributed by atoms with van der Waals surface area (Å²) in [5.74, 6) is -0.229. The second-order valence-corrected chi connectivity index (χ2v) is 4.13. The van der Waals surface area contributed by atoms with Gasteiger partial charge in [0.2, 0.25) is 0 Å². The van der Waals surface area contributed by atoms with Gasteiger partial charge in [-0.3, -0.25) is 4.79 Å². The number of methoxy groups -OCH3 is 1. The monoisotopic (exact) mass is 279 g/mol. The van der Waals surface area contributed by atoms with Gasteiger partial charge in [0.05, 0.1) is 11.6 Å². The number of hydrogen-bond donors (Lipinski definition) is 3. The van der Waals surface area contributed by atoms with E-state index in [2.05, 4.69) is 15.6 Å². The average Bonchev–Trinajstić information content (AvgIpc) is 2.64. The molecule has 1 aromatic rings. The molecule has 0 spiro atoms. The van der Waals surface area contributed by atoms with Crippen molar-refractivity contribution in [3.8, 4) is 0 Å². The van der Waals surface area contributed by atoms with Crippen LogP contribution >= 0.6 is 23.2 Å². The molecule has 1 aromatic heterocycles. The number of halogens is 2. The molecule has 1 amide bonds. The van der Waals surface area contributed by atoms with Crippen LogP contribution in [-0.2, 0) is 4.74 Å². The van der Waals surface area contributed by atoms with Crippen molar-refractivity contribution in [2.75, 3.05) is 33.4 Å². The van der Waals surface area contributed by atoms with E-state index in [9.17, 15) is 4.79 Å². The SMILES string of the molecule is COCCNCCNC(=O)c1cc(Cl)c(Cl)[nH]1. The first-order chi connectivity index (χ1) is 8.15. The molecule has 0 aliphatic rings. The summed E-state index contributed by atoms with van der Waals surface area (Å²) in [6.45, 7) is 2.61.